The third kappa shape index (κ3) is 3.32. The summed E-state index contributed by atoms with van der Waals surface area (Å²) in [6.07, 6.45) is 1.59. The zero-order valence-electron chi connectivity index (χ0n) is 14.3. The molecule has 1 saturated heterocycles. The van der Waals surface area contributed by atoms with Crippen molar-refractivity contribution in [3.05, 3.63) is 65.7 Å². The van der Waals surface area contributed by atoms with Gasteiger partial charge in [0, 0.05) is 19.3 Å². The van der Waals surface area contributed by atoms with Crippen LogP contribution in [0.5, 0.6) is 0 Å². The van der Waals surface area contributed by atoms with E-state index in [0.29, 0.717) is 13.2 Å². The van der Waals surface area contributed by atoms with E-state index < -0.39 is 0 Å². The van der Waals surface area contributed by atoms with Crippen LogP contribution < -0.4 is 5.43 Å². The topological polar surface area (TPSA) is 68.1 Å². The van der Waals surface area contributed by atoms with E-state index in [2.05, 4.69) is 25.7 Å². The second-order valence-corrected chi connectivity index (χ2v) is 6.48. The molecule has 5 rings (SSSR count). The molecule has 3 aromatic rings. The Hall–Kier alpha value is -2.39. The van der Waals surface area contributed by atoms with E-state index in [1.807, 2.05) is 22.9 Å². The van der Waals surface area contributed by atoms with Crippen molar-refractivity contribution in [2.24, 2.45) is 0 Å². The molecule has 2 aliphatic rings. The Balaban J connectivity index is 0.00000180. The van der Waals surface area contributed by atoms with Crippen LogP contribution in [-0.2, 0) is 17.9 Å². The first kappa shape index (κ1) is 18.0. The largest absolute Gasteiger partial charge is 0.353 e. The van der Waals surface area contributed by atoms with Crippen LogP contribution in [0.4, 0.5) is 4.39 Å². The maximum absolute atomic E-state index is 13.1. The van der Waals surface area contributed by atoms with Crippen LogP contribution in [-0.4, -0.2) is 37.8 Å². The van der Waals surface area contributed by atoms with E-state index >= 15 is 0 Å². The third-order valence-corrected chi connectivity index (χ3v) is 4.77. The Morgan fingerprint density at radius 2 is 2.04 bits per heavy atom. The number of nitrogens with one attached hydrogen (secondary N) is 1. The summed E-state index contributed by atoms with van der Waals surface area (Å²) in [6.45, 7) is 1.81. The van der Waals surface area contributed by atoms with Gasteiger partial charge in [-0.3, -0.25) is 4.98 Å². The van der Waals surface area contributed by atoms with Gasteiger partial charge in [0.1, 0.15) is 23.8 Å². The van der Waals surface area contributed by atoms with E-state index in [9.17, 15) is 4.39 Å². The molecule has 4 heterocycles. The van der Waals surface area contributed by atoms with Gasteiger partial charge in [-0.1, -0.05) is 23.4 Å². The number of rotatable bonds is 3. The summed E-state index contributed by atoms with van der Waals surface area (Å²) in [5.41, 5.74) is 6.89. The van der Waals surface area contributed by atoms with Crippen LogP contribution in [0.2, 0.25) is 0 Å². The van der Waals surface area contributed by atoms with Crippen molar-refractivity contribution < 1.29 is 9.13 Å². The predicted octanol–water partition coefficient (Wildman–Crippen LogP) is 2.32. The monoisotopic (exact) mass is 388 g/mol. The van der Waals surface area contributed by atoms with Crippen molar-refractivity contribution in [3.8, 4) is 11.4 Å². The minimum Gasteiger partial charge on any atom is -0.353 e. The quantitative estimate of drug-likeness (QED) is 0.742. The molecule has 140 valence electrons. The van der Waals surface area contributed by atoms with Gasteiger partial charge in [0.25, 0.3) is 0 Å². The molecule has 1 aromatic carbocycles. The van der Waals surface area contributed by atoms with E-state index in [-0.39, 0.29) is 30.5 Å². The van der Waals surface area contributed by atoms with Crippen LogP contribution in [0.25, 0.3) is 11.4 Å². The normalized spacial score (nSPS) is 21.4. The Kier molecular flexibility index (Phi) is 4.88. The molecule has 27 heavy (non-hydrogen) atoms. The van der Waals surface area contributed by atoms with Crippen LogP contribution in [0.1, 0.15) is 17.3 Å². The fourth-order valence-corrected chi connectivity index (χ4v) is 3.50. The van der Waals surface area contributed by atoms with Gasteiger partial charge in [-0.15, -0.1) is 17.5 Å². The van der Waals surface area contributed by atoms with E-state index in [4.69, 9.17) is 4.74 Å². The lowest BCUT2D eigenvalue weighted by atomic mass is 10.1. The van der Waals surface area contributed by atoms with Gasteiger partial charge in [0.15, 0.2) is 0 Å². The molecule has 2 aliphatic heterocycles. The Morgan fingerprint density at radius 3 is 2.81 bits per heavy atom. The highest BCUT2D eigenvalue weighted by molar-refractivity contribution is 5.85. The first-order valence-corrected chi connectivity index (χ1v) is 8.50. The molecule has 9 heteroatoms. The van der Waals surface area contributed by atoms with E-state index in [1.165, 1.54) is 12.1 Å². The number of fused-ring (bicyclic) bond motifs is 3. The third-order valence-electron chi connectivity index (χ3n) is 4.77. The van der Waals surface area contributed by atoms with Crippen molar-refractivity contribution in [1.82, 2.24) is 30.4 Å². The average Bonchev–Trinajstić information content (AvgIpc) is 3.27. The van der Waals surface area contributed by atoms with Crippen molar-refractivity contribution in [2.75, 3.05) is 6.54 Å². The highest BCUT2D eigenvalue weighted by Gasteiger charge is 2.40. The lowest BCUT2D eigenvalue weighted by molar-refractivity contribution is -0.0350. The smallest absolute Gasteiger partial charge is 0.145 e. The van der Waals surface area contributed by atoms with Gasteiger partial charge in [-0.05, 0) is 29.8 Å². The van der Waals surface area contributed by atoms with Crippen LogP contribution >= 0.6 is 12.4 Å². The maximum Gasteiger partial charge on any atom is 0.145 e. The number of halogens is 2. The molecule has 2 aromatic heterocycles. The average molecular weight is 389 g/mol. The summed E-state index contributed by atoms with van der Waals surface area (Å²) in [4.78, 5) is 4.36. The summed E-state index contributed by atoms with van der Waals surface area (Å²) < 4.78 is 21.0. The van der Waals surface area contributed by atoms with Gasteiger partial charge in [0.2, 0.25) is 0 Å². The molecule has 0 spiro atoms. The second-order valence-electron chi connectivity index (χ2n) is 6.48. The molecule has 0 unspecified atom stereocenters. The summed E-state index contributed by atoms with van der Waals surface area (Å²) in [6, 6.07) is 12.3. The van der Waals surface area contributed by atoms with Crippen molar-refractivity contribution >= 4 is 12.4 Å². The number of nitrogens with zero attached hydrogens (tertiary/aromatic N) is 5. The first-order valence-electron chi connectivity index (χ1n) is 8.50. The zero-order valence-corrected chi connectivity index (χ0v) is 15.1. The van der Waals surface area contributed by atoms with E-state index in [1.54, 1.807) is 18.3 Å². The fraction of sp³-hybridized carbons (Fsp3) is 0.278. The number of benzene rings is 1. The molecular weight excluding hydrogens is 371 g/mol. The minimum atomic E-state index is -0.227. The lowest BCUT2D eigenvalue weighted by Gasteiger charge is -2.25. The van der Waals surface area contributed by atoms with Crippen LogP contribution in [0, 0.1) is 5.82 Å². The molecule has 1 N–H and O–H groups in total. The molecule has 1 fully saturated rings. The zero-order chi connectivity index (χ0) is 17.5. The molecule has 0 amide bonds. The number of pyridine rings is 1. The van der Waals surface area contributed by atoms with Crippen LogP contribution in [0.3, 0.4) is 0 Å². The molecule has 7 nitrogen and oxygen atoms in total. The first-order chi connectivity index (χ1) is 12.8. The van der Waals surface area contributed by atoms with Crippen molar-refractivity contribution in [1.29, 1.82) is 0 Å². The van der Waals surface area contributed by atoms with Gasteiger partial charge in [-0.25, -0.2) is 19.5 Å². The Bertz CT molecular complexity index is 919. The number of hydrogen-bond acceptors (Lipinski definition) is 6. The lowest BCUT2D eigenvalue weighted by Crippen LogP contribution is -2.39. The molecule has 2 atom stereocenters. The van der Waals surface area contributed by atoms with E-state index in [0.717, 1.165) is 29.2 Å². The highest BCUT2D eigenvalue weighted by atomic mass is 35.5. The Morgan fingerprint density at radius 1 is 1.19 bits per heavy atom. The predicted molar refractivity (Wildman–Crippen MR) is 98.1 cm³/mol. The number of ether oxygens (including phenoxy) is 1. The fourth-order valence-electron chi connectivity index (χ4n) is 3.50. The van der Waals surface area contributed by atoms with Gasteiger partial charge in [0.05, 0.1) is 18.0 Å². The minimum absolute atomic E-state index is 0. The second kappa shape index (κ2) is 7.32. The van der Waals surface area contributed by atoms with Gasteiger partial charge >= 0.3 is 0 Å². The summed E-state index contributed by atoms with van der Waals surface area (Å²) >= 11 is 0. The molecule has 0 aliphatic carbocycles. The van der Waals surface area contributed by atoms with Crippen LogP contribution in [0.15, 0.2) is 48.7 Å². The molecule has 0 radical (unpaired) electrons. The summed E-state index contributed by atoms with van der Waals surface area (Å²) in [5, 5.41) is 10.8. The Labute approximate surface area is 161 Å². The highest BCUT2D eigenvalue weighted by Crippen LogP contribution is 2.32. The molecule has 0 bridgehead atoms. The maximum atomic E-state index is 13.1. The standard InChI is InChI=1S/C18H17FN6O.ClH/c19-13-6-4-12(5-7-13)9-24-10-15-18(22-24)26-11-16-17(21-23-25(15)16)14-3-1-2-8-20-14;/h1-8,15,18,22H,9-11H2;1H/t15-,18-;/m0./s1. The number of hydrazine groups is 1. The van der Waals surface area contributed by atoms with Crippen molar-refractivity contribution in [3.63, 3.8) is 0 Å². The SMILES string of the molecule is Cl.Fc1ccc(CN2C[C@H]3[C@@H](N2)OCc2c(-c4ccccn4)nnn23)cc1. The van der Waals surface area contributed by atoms with Crippen molar-refractivity contribution in [2.45, 2.75) is 25.4 Å². The molecule has 0 saturated carbocycles. The number of aromatic nitrogens is 4. The number of hydrogen-bond donors (Lipinski definition) is 1. The summed E-state index contributed by atoms with van der Waals surface area (Å²) in [5.74, 6) is -0.227. The summed E-state index contributed by atoms with van der Waals surface area (Å²) in [7, 11) is 0. The van der Waals surface area contributed by atoms with Gasteiger partial charge < -0.3 is 4.74 Å². The van der Waals surface area contributed by atoms with Gasteiger partial charge in [-0.2, -0.15) is 0 Å². The molecular formula is C18H18ClFN6O.